The van der Waals surface area contributed by atoms with Gasteiger partial charge in [-0.3, -0.25) is 4.57 Å². The Labute approximate surface area is 112 Å². The summed E-state index contributed by atoms with van der Waals surface area (Å²) in [5.41, 5.74) is 1.08. The third kappa shape index (κ3) is 2.45. The number of benzene rings is 1. The van der Waals surface area contributed by atoms with Crippen LogP contribution in [-0.4, -0.2) is 25.4 Å². The van der Waals surface area contributed by atoms with Gasteiger partial charge in [0.25, 0.3) is 0 Å². The molecule has 0 saturated heterocycles. The Hall–Kier alpha value is -0.480. The minimum atomic E-state index is -3.12. The van der Waals surface area contributed by atoms with Crippen molar-refractivity contribution in [3.8, 4) is 0 Å². The van der Waals surface area contributed by atoms with Crippen LogP contribution in [0.5, 0.6) is 0 Å². The second-order valence-electron chi connectivity index (χ2n) is 3.90. The third-order valence-electron chi connectivity index (χ3n) is 2.70. The van der Waals surface area contributed by atoms with Crippen LogP contribution in [0.3, 0.4) is 0 Å². The van der Waals surface area contributed by atoms with Crippen LogP contribution in [0.4, 0.5) is 5.69 Å². The van der Waals surface area contributed by atoms with E-state index in [0.29, 0.717) is 13.2 Å². The molecule has 1 unspecified atom stereocenters. The highest BCUT2D eigenvalue weighted by Gasteiger charge is 2.44. The lowest BCUT2D eigenvalue weighted by Crippen LogP contribution is -2.26. The SMILES string of the molecule is CCOP(=O)(OCC)C1Sc2ccccc2N1C. The fourth-order valence-electron chi connectivity index (χ4n) is 1.96. The largest absolute Gasteiger partial charge is 0.363 e. The first kappa shape index (κ1) is 13.9. The number of nitrogens with zero attached hydrogens (tertiary/aromatic N) is 1. The van der Waals surface area contributed by atoms with E-state index >= 15 is 0 Å². The van der Waals surface area contributed by atoms with E-state index in [1.165, 1.54) is 0 Å². The average molecular weight is 287 g/mol. The van der Waals surface area contributed by atoms with Crippen molar-refractivity contribution in [3.63, 3.8) is 0 Å². The highest BCUT2D eigenvalue weighted by molar-refractivity contribution is 8.06. The molecule has 0 radical (unpaired) electrons. The van der Waals surface area contributed by atoms with Crippen molar-refractivity contribution in [2.24, 2.45) is 0 Å². The van der Waals surface area contributed by atoms with E-state index in [0.717, 1.165) is 10.6 Å². The topological polar surface area (TPSA) is 38.8 Å². The summed E-state index contributed by atoms with van der Waals surface area (Å²) >= 11 is 1.54. The van der Waals surface area contributed by atoms with E-state index in [1.807, 2.05) is 50.1 Å². The molecular weight excluding hydrogens is 269 g/mol. The van der Waals surface area contributed by atoms with Gasteiger partial charge in [-0.05, 0) is 26.0 Å². The average Bonchev–Trinajstić information content (AvgIpc) is 2.69. The Kier molecular flexibility index (Phi) is 4.38. The minimum absolute atomic E-state index is 0.296. The standard InChI is InChI=1S/C12H18NO3PS/c1-4-15-17(14,16-5-2)12-13(3)10-8-6-7-9-11(10)18-12/h6-9,12H,4-5H2,1-3H3. The molecule has 100 valence electrons. The predicted molar refractivity (Wildman–Crippen MR) is 75.3 cm³/mol. The third-order valence-corrected chi connectivity index (χ3v) is 7.04. The number of rotatable bonds is 5. The molecule has 0 saturated carbocycles. The van der Waals surface area contributed by atoms with Crippen molar-refractivity contribution in [2.45, 2.75) is 23.9 Å². The fraction of sp³-hybridized carbons (Fsp3) is 0.500. The Morgan fingerprint density at radius 1 is 1.28 bits per heavy atom. The summed E-state index contributed by atoms with van der Waals surface area (Å²) in [6.07, 6.45) is 0. The lowest BCUT2D eigenvalue weighted by Gasteiger charge is -2.28. The van der Waals surface area contributed by atoms with Crippen LogP contribution in [0, 0.1) is 0 Å². The van der Waals surface area contributed by atoms with Crippen LogP contribution in [-0.2, 0) is 13.6 Å². The molecular formula is C12H18NO3PS. The van der Waals surface area contributed by atoms with Crippen LogP contribution in [0.2, 0.25) is 0 Å². The first-order valence-electron chi connectivity index (χ1n) is 5.99. The first-order chi connectivity index (χ1) is 8.62. The summed E-state index contributed by atoms with van der Waals surface area (Å²) in [6, 6.07) is 8.00. The summed E-state index contributed by atoms with van der Waals surface area (Å²) in [4.78, 5) is 3.09. The maximum Gasteiger partial charge on any atom is 0.363 e. The fourth-order valence-corrected chi connectivity index (χ4v) is 5.77. The molecule has 1 aliphatic rings. The minimum Gasteiger partial charge on any atom is -0.351 e. The molecule has 0 fully saturated rings. The van der Waals surface area contributed by atoms with Gasteiger partial charge in [-0.15, -0.1) is 0 Å². The molecule has 1 aromatic carbocycles. The summed E-state index contributed by atoms with van der Waals surface area (Å²) < 4.78 is 23.6. The number of fused-ring (bicyclic) bond motifs is 1. The van der Waals surface area contributed by atoms with Gasteiger partial charge in [0.2, 0.25) is 0 Å². The van der Waals surface area contributed by atoms with Crippen LogP contribution < -0.4 is 4.90 Å². The van der Waals surface area contributed by atoms with Crippen LogP contribution in [0.25, 0.3) is 0 Å². The zero-order valence-corrected chi connectivity index (χ0v) is 12.5. The van der Waals surface area contributed by atoms with E-state index in [4.69, 9.17) is 9.05 Å². The summed E-state index contributed by atoms with van der Waals surface area (Å²) in [6.45, 7) is 4.44. The van der Waals surface area contributed by atoms with Gasteiger partial charge in [-0.1, -0.05) is 23.9 Å². The second kappa shape index (κ2) is 5.66. The smallest absolute Gasteiger partial charge is 0.351 e. The molecule has 0 amide bonds. The molecule has 1 heterocycles. The Bertz CT molecular complexity index is 458. The molecule has 18 heavy (non-hydrogen) atoms. The summed E-state index contributed by atoms with van der Waals surface area (Å²) in [5, 5.41) is -0.296. The van der Waals surface area contributed by atoms with Crippen LogP contribution in [0.1, 0.15) is 13.8 Å². The summed E-state index contributed by atoms with van der Waals surface area (Å²) in [7, 11) is -1.19. The molecule has 2 rings (SSSR count). The van der Waals surface area contributed by atoms with Gasteiger partial charge in [0.05, 0.1) is 18.9 Å². The molecule has 6 heteroatoms. The number of hydrogen-bond donors (Lipinski definition) is 0. The van der Waals surface area contributed by atoms with Crippen molar-refractivity contribution in [1.82, 2.24) is 0 Å². The molecule has 0 bridgehead atoms. The van der Waals surface area contributed by atoms with Gasteiger partial charge >= 0.3 is 7.60 Å². The zero-order valence-electron chi connectivity index (χ0n) is 10.8. The number of hydrogen-bond acceptors (Lipinski definition) is 5. The number of thioether (sulfide) groups is 1. The zero-order chi connectivity index (χ0) is 13.2. The monoisotopic (exact) mass is 287 g/mol. The maximum atomic E-state index is 12.8. The van der Waals surface area contributed by atoms with E-state index in [-0.39, 0.29) is 5.11 Å². The molecule has 1 atom stereocenters. The van der Waals surface area contributed by atoms with Gasteiger partial charge in [0, 0.05) is 11.9 Å². The Balaban J connectivity index is 2.28. The van der Waals surface area contributed by atoms with Crippen LogP contribution >= 0.6 is 19.4 Å². The maximum absolute atomic E-state index is 12.8. The molecule has 0 aromatic heterocycles. The van der Waals surface area contributed by atoms with Crippen molar-refractivity contribution >= 4 is 25.0 Å². The van der Waals surface area contributed by atoms with Crippen molar-refractivity contribution < 1.29 is 13.6 Å². The van der Waals surface area contributed by atoms with E-state index < -0.39 is 7.60 Å². The molecule has 0 spiro atoms. The molecule has 1 aliphatic heterocycles. The highest BCUT2D eigenvalue weighted by Crippen LogP contribution is 2.63. The molecule has 1 aromatic rings. The summed E-state index contributed by atoms with van der Waals surface area (Å²) in [5.74, 6) is 0. The van der Waals surface area contributed by atoms with E-state index in [1.54, 1.807) is 11.8 Å². The van der Waals surface area contributed by atoms with Gasteiger partial charge in [-0.25, -0.2) is 0 Å². The Morgan fingerprint density at radius 3 is 2.44 bits per heavy atom. The first-order valence-corrected chi connectivity index (χ1v) is 8.49. The van der Waals surface area contributed by atoms with Crippen LogP contribution in [0.15, 0.2) is 29.2 Å². The molecule has 0 N–H and O–H groups in total. The lowest BCUT2D eigenvalue weighted by atomic mass is 10.3. The normalized spacial score (nSPS) is 19.1. The quantitative estimate of drug-likeness (QED) is 0.771. The van der Waals surface area contributed by atoms with Crippen molar-refractivity contribution in [1.29, 1.82) is 0 Å². The van der Waals surface area contributed by atoms with Gasteiger partial charge in [0.15, 0.2) is 5.11 Å². The van der Waals surface area contributed by atoms with E-state index in [2.05, 4.69) is 0 Å². The van der Waals surface area contributed by atoms with Gasteiger partial charge < -0.3 is 13.9 Å². The number of para-hydroxylation sites is 1. The highest BCUT2D eigenvalue weighted by atomic mass is 32.2. The molecule has 0 aliphatic carbocycles. The molecule has 4 nitrogen and oxygen atoms in total. The van der Waals surface area contributed by atoms with Gasteiger partial charge in [0.1, 0.15) is 0 Å². The second-order valence-corrected chi connectivity index (χ2v) is 7.45. The van der Waals surface area contributed by atoms with Crippen molar-refractivity contribution in [2.75, 3.05) is 25.2 Å². The predicted octanol–water partition coefficient (Wildman–Crippen LogP) is 3.78. The lowest BCUT2D eigenvalue weighted by molar-refractivity contribution is 0.218. The Morgan fingerprint density at radius 2 is 1.89 bits per heavy atom. The number of anilines is 1. The van der Waals surface area contributed by atoms with Crippen molar-refractivity contribution in [3.05, 3.63) is 24.3 Å². The van der Waals surface area contributed by atoms with E-state index in [9.17, 15) is 4.57 Å². The van der Waals surface area contributed by atoms with Gasteiger partial charge in [-0.2, -0.15) is 0 Å².